The van der Waals surface area contributed by atoms with E-state index in [9.17, 15) is 18.8 Å². The third kappa shape index (κ3) is 4.21. The van der Waals surface area contributed by atoms with Gasteiger partial charge in [-0.3, -0.25) is 14.4 Å². The molecule has 1 N–H and O–H groups in total. The first kappa shape index (κ1) is 22.9. The van der Waals surface area contributed by atoms with Gasteiger partial charge in [0.2, 0.25) is 5.91 Å². The van der Waals surface area contributed by atoms with Crippen molar-refractivity contribution >= 4 is 35.0 Å². The number of rotatable bonds is 3. The fourth-order valence-corrected chi connectivity index (χ4v) is 4.69. The summed E-state index contributed by atoms with van der Waals surface area (Å²) in [5, 5.41) is 3.35. The van der Waals surface area contributed by atoms with Gasteiger partial charge in [-0.05, 0) is 54.1 Å². The third-order valence-corrected chi connectivity index (χ3v) is 6.52. The summed E-state index contributed by atoms with van der Waals surface area (Å²) in [6, 6.07) is 14.9. The van der Waals surface area contributed by atoms with Crippen LogP contribution in [0, 0.1) is 5.82 Å². The Bertz CT molecular complexity index is 1360. The summed E-state index contributed by atoms with van der Waals surface area (Å²) in [7, 11) is 1.55. The average Bonchev–Trinajstić information content (AvgIpc) is 2.97. The van der Waals surface area contributed by atoms with Gasteiger partial charge in [-0.2, -0.15) is 0 Å². The highest BCUT2D eigenvalue weighted by atomic mass is 35.5. The van der Waals surface area contributed by atoms with Crippen molar-refractivity contribution < 1.29 is 23.5 Å². The Morgan fingerprint density at radius 2 is 1.89 bits per heavy atom. The van der Waals surface area contributed by atoms with Crippen LogP contribution in [0.1, 0.15) is 20.7 Å². The first-order chi connectivity index (χ1) is 16.9. The molecule has 3 aromatic rings. The molecule has 0 aromatic heterocycles. The van der Waals surface area contributed by atoms with Gasteiger partial charge in [0.05, 0.1) is 24.9 Å². The molecule has 0 saturated carbocycles. The van der Waals surface area contributed by atoms with Crippen LogP contribution < -0.4 is 10.1 Å². The third-order valence-electron chi connectivity index (χ3n) is 6.28. The smallest absolute Gasteiger partial charge is 0.256 e. The zero-order valence-corrected chi connectivity index (χ0v) is 19.5. The molecule has 7 nitrogen and oxygen atoms in total. The molecule has 0 bridgehead atoms. The Labute approximate surface area is 206 Å². The molecule has 2 heterocycles. The summed E-state index contributed by atoms with van der Waals surface area (Å²) in [6.45, 7) is 0.403. The zero-order chi connectivity index (χ0) is 24.7. The topological polar surface area (TPSA) is 79.0 Å². The monoisotopic (exact) mass is 493 g/mol. The fourth-order valence-electron chi connectivity index (χ4n) is 4.51. The van der Waals surface area contributed by atoms with Gasteiger partial charge in [-0.1, -0.05) is 23.7 Å². The lowest BCUT2D eigenvalue weighted by Gasteiger charge is -2.39. The van der Waals surface area contributed by atoms with E-state index in [1.54, 1.807) is 43.5 Å². The predicted octanol–water partition coefficient (Wildman–Crippen LogP) is 4.07. The number of carbonyl (C=O) groups is 3. The van der Waals surface area contributed by atoms with Crippen LogP contribution in [0.15, 0.2) is 60.7 Å². The Morgan fingerprint density at radius 1 is 1.06 bits per heavy atom. The van der Waals surface area contributed by atoms with E-state index in [1.807, 2.05) is 0 Å². The summed E-state index contributed by atoms with van der Waals surface area (Å²) < 4.78 is 19.1. The van der Waals surface area contributed by atoms with Crippen LogP contribution in [0.3, 0.4) is 0 Å². The number of hydrogen-bond donors (Lipinski definition) is 1. The largest absolute Gasteiger partial charge is 0.496 e. The molecule has 0 radical (unpaired) electrons. The van der Waals surface area contributed by atoms with E-state index in [2.05, 4.69) is 5.32 Å². The number of fused-ring (bicyclic) bond motifs is 2. The molecule has 2 aliphatic rings. The van der Waals surface area contributed by atoms with Crippen LogP contribution in [0.25, 0.3) is 11.1 Å². The maximum Gasteiger partial charge on any atom is 0.256 e. The standard InChI is InChI=1S/C26H21ClFN3O4/c1-35-23-8-6-17(27)13-19(23)15-5-7-21-20(12-15)26(34)31-10-9-30(14-22(31)24(32)29-21)25(33)16-3-2-4-18(28)11-16/h2-8,11-13,22H,9-10,14H2,1H3,(H,29,32). The van der Waals surface area contributed by atoms with Gasteiger partial charge < -0.3 is 19.9 Å². The van der Waals surface area contributed by atoms with Crippen molar-refractivity contribution in [3.8, 4) is 16.9 Å². The lowest BCUT2D eigenvalue weighted by molar-refractivity contribution is -0.121. The van der Waals surface area contributed by atoms with Crippen LogP contribution in [0.2, 0.25) is 5.02 Å². The van der Waals surface area contributed by atoms with E-state index in [0.29, 0.717) is 33.1 Å². The van der Waals surface area contributed by atoms with Crippen molar-refractivity contribution in [1.29, 1.82) is 0 Å². The molecule has 1 unspecified atom stereocenters. The molecule has 3 amide bonds. The van der Waals surface area contributed by atoms with E-state index < -0.39 is 11.9 Å². The van der Waals surface area contributed by atoms with Crippen molar-refractivity contribution in [2.24, 2.45) is 0 Å². The summed E-state index contributed by atoms with van der Waals surface area (Å²) in [5.41, 5.74) is 2.35. The number of benzene rings is 3. The van der Waals surface area contributed by atoms with Crippen LogP contribution in [-0.4, -0.2) is 60.3 Å². The number of nitrogens with one attached hydrogen (secondary N) is 1. The number of methoxy groups -OCH3 is 1. The van der Waals surface area contributed by atoms with Crippen molar-refractivity contribution in [1.82, 2.24) is 9.80 Å². The van der Waals surface area contributed by atoms with E-state index in [-0.39, 0.29) is 42.9 Å². The van der Waals surface area contributed by atoms with Crippen molar-refractivity contribution in [3.05, 3.63) is 82.6 Å². The molecule has 35 heavy (non-hydrogen) atoms. The molecular weight excluding hydrogens is 473 g/mol. The summed E-state index contributed by atoms with van der Waals surface area (Å²) in [5.74, 6) is -1.01. The van der Waals surface area contributed by atoms with Gasteiger partial charge in [0.1, 0.15) is 17.6 Å². The summed E-state index contributed by atoms with van der Waals surface area (Å²) in [4.78, 5) is 42.5. The number of amides is 3. The Morgan fingerprint density at radius 3 is 2.66 bits per heavy atom. The number of piperazine rings is 1. The first-order valence-electron chi connectivity index (χ1n) is 11.0. The number of ether oxygens (including phenoxy) is 1. The lowest BCUT2D eigenvalue weighted by Crippen LogP contribution is -2.59. The van der Waals surface area contributed by atoms with Gasteiger partial charge in [-0.25, -0.2) is 4.39 Å². The molecule has 1 atom stereocenters. The van der Waals surface area contributed by atoms with Gasteiger partial charge in [0, 0.05) is 29.2 Å². The number of anilines is 1. The average molecular weight is 494 g/mol. The van der Waals surface area contributed by atoms with Crippen LogP contribution >= 0.6 is 11.6 Å². The van der Waals surface area contributed by atoms with Gasteiger partial charge in [0.15, 0.2) is 0 Å². The highest BCUT2D eigenvalue weighted by molar-refractivity contribution is 6.31. The van der Waals surface area contributed by atoms with Gasteiger partial charge in [-0.15, -0.1) is 0 Å². The molecule has 0 spiro atoms. The fraction of sp³-hybridized carbons (Fsp3) is 0.192. The highest BCUT2D eigenvalue weighted by Gasteiger charge is 2.40. The second-order valence-corrected chi connectivity index (χ2v) is 8.81. The maximum atomic E-state index is 13.6. The van der Waals surface area contributed by atoms with E-state index in [1.165, 1.54) is 28.0 Å². The van der Waals surface area contributed by atoms with E-state index in [0.717, 1.165) is 6.07 Å². The van der Waals surface area contributed by atoms with Gasteiger partial charge >= 0.3 is 0 Å². The molecule has 1 fully saturated rings. The van der Waals surface area contributed by atoms with Crippen molar-refractivity contribution in [3.63, 3.8) is 0 Å². The minimum atomic E-state index is -0.870. The van der Waals surface area contributed by atoms with Crippen molar-refractivity contribution in [2.75, 3.05) is 32.1 Å². The molecule has 0 aliphatic carbocycles. The van der Waals surface area contributed by atoms with Crippen LogP contribution in [-0.2, 0) is 4.79 Å². The Hall–Kier alpha value is -3.91. The van der Waals surface area contributed by atoms with Crippen LogP contribution in [0.4, 0.5) is 10.1 Å². The molecule has 2 aliphatic heterocycles. The SMILES string of the molecule is COc1ccc(Cl)cc1-c1ccc2c(c1)C(=O)N1CCN(C(=O)c3cccc(F)c3)CC1C(=O)N2. The Kier molecular flexibility index (Phi) is 5.90. The molecule has 3 aromatic carbocycles. The maximum absolute atomic E-state index is 13.6. The Balaban J connectivity index is 1.45. The second-order valence-electron chi connectivity index (χ2n) is 8.37. The minimum absolute atomic E-state index is 0.00980. The predicted molar refractivity (Wildman–Crippen MR) is 129 cm³/mol. The summed E-state index contributed by atoms with van der Waals surface area (Å²) in [6.07, 6.45) is 0. The first-order valence-corrected chi connectivity index (χ1v) is 11.4. The quantitative estimate of drug-likeness (QED) is 0.596. The molecule has 1 saturated heterocycles. The zero-order valence-electron chi connectivity index (χ0n) is 18.8. The van der Waals surface area contributed by atoms with Crippen LogP contribution in [0.5, 0.6) is 5.75 Å². The molecule has 9 heteroatoms. The number of nitrogens with zero attached hydrogens (tertiary/aromatic N) is 2. The normalized spacial score (nSPS) is 17.3. The van der Waals surface area contributed by atoms with Crippen molar-refractivity contribution in [2.45, 2.75) is 6.04 Å². The number of carbonyl (C=O) groups excluding carboxylic acids is 3. The number of halogens is 2. The summed E-state index contributed by atoms with van der Waals surface area (Å²) >= 11 is 6.18. The second kappa shape index (κ2) is 9.03. The van der Waals surface area contributed by atoms with Gasteiger partial charge in [0.25, 0.3) is 11.8 Å². The molecule has 178 valence electrons. The number of hydrogen-bond acceptors (Lipinski definition) is 4. The van der Waals surface area contributed by atoms with E-state index in [4.69, 9.17) is 16.3 Å². The van der Waals surface area contributed by atoms with E-state index >= 15 is 0 Å². The molecular formula is C26H21ClFN3O4. The minimum Gasteiger partial charge on any atom is -0.496 e. The lowest BCUT2D eigenvalue weighted by atomic mass is 10.00. The highest BCUT2D eigenvalue weighted by Crippen LogP contribution is 2.36. The molecule has 5 rings (SSSR count).